The van der Waals surface area contributed by atoms with Crippen molar-refractivity contribution in [1.82, 2.24) is 0 Å². The fourth-order valence-corrected chi connectivity index (χ4v) is 8.31. The maximum Gasteiger partial charge on any atom is 0.416 e. The van der Waals surface area contributed by atoms with Crippen molar-refractivity contribution in [2.45, 2.75) is 116 Å². The van der Waals surface area contributed by atoms with Crippen molar-refractivity contribution < 1.29 is 26.1 Å². The molecule has 0 aromatic heterocycles. The van der Waals surface area contributed by atoms with Crippen LogP contribution in [0, 0.1) is 40.4 Å². The molecule has 5 heteroatoms. The van der Waals surface area contributed by atoms with Crippen molar-refractivity contribution >= 4 is 0 Å². The fourth-order valence-electron chi connectivity index (χ4n) is 8.31. The maximum atomic E-state index is 13.2. The minimum absolute atomic E-state index is 0.0750. The van der Waals surface area contributed by atoms with E-state index in [0.717, 1.165) is 39.0 Å². The third-order valence-corrected chi connectivity index (χ3v) is 10.5. The topological polar surface area (TPSA) is 40.5 Å². The number of hydrogen-bond acceptors (Lipinski definition) is 2. The number of halogens is 3. The molecule has 3 unspecified atom stereocenters. The summed E-state index contributed by atoms with van der Waals surface area (Å²) in [7, 11) is 0. The van der Waals surface area contributed by atoms with Crippen LogP contribution >= 0.6 is 0 Å². The van der Waals surface area contributed by atoms with Gasteiger partial charge in [0.25, 0.3) is 0 Å². The Kier molecular flexibility index (Phi) is 5.30. The third kappa shape index (κ3) is 3.87. The summed E-state index contributed by atoms with van der Waals surface area (Å²) < 4.78 is 56.7. The second-order valence-electron chi connectivity index (χ2n) is 12.6. The molecule has 0 heterocycles. The van der Waals surface area contributed by atoms with E-state index in [1.54, 1.807) is 6.92 Å². The number of fused-ring (bicyclic) bond motifs is 5. The zero-order valence-electron chi connectivity index (χ0n) is 22.4. The molecule has 32 heavy (non-hydrogen) atoms. The summed E-state index contributed by atoms with van der Waals surface area (Å²) in [6.45, 7) is 9.12. The van der Waals surface area contributed by atoms with Crippen molar-refractivity contribution in [3.05, 3.63) is 11.6 Å². The van der Waals surface area contributed by atoms with Gasteiger partial charge in [-0.1, -0.05) is 32.4 Å². The molecular weight excluding hydrogens is 413 g/mol. The molecule has 0 amide bonds. The highest BCUT2D eigenvalue weighted by molar-refractivity contribution is 5.26. The highest BCUT2D eigenvalue weighted by Crippen LogP contribution is 2.67. The lowest BCUT2D eigenvalue weighted by Crippen LogP contribution is -2.52. The first-order chi connectivity index (χ1) is 15.4. The van der Waals surface area contributed by atoms with Crippen molar-refractivity contribution in [3.63, 3.8) is 0 Å². The van der Waals surface area contributed by atoms with E-state index in [-0.39, 0.29) is 23.2 Å². The predicted molar refractivity (Wildman–Crippen MR) is 121 cm³/mol. The van der Waals surface area contributed by atoms with E-state index >= 15 is 0 Å². The van der Waals surface area contributed by atoms with Crippen molar-refractivity contribution in [1.29, 1.82) is 0 Å². The molecule has 4 aliphatic rings. The average Bonchev–Trinajstić information content (AvgIpc) is 3.03. The first kappa shape index (κ1) is 21.9. The van der Waals surface area contributed by atoms with Gasteiger partial charge in [0.1, 0.15) is 0 Å². The number of aliphatic hydroxyl groups is 2. The van der Waals surface area contributed by atoms with Gasteiger partial charge in [-0.25, -0.2) is 0 Å². The van der Waals surface area contributed by atoms with Gasteiger partial charge in [-0.3, -0.25) is 0 Å². The maximum absolute atomic E-state index is 13.2. The van der Waals surface area contributed by atoms with Gasteiger partial charge in [0, 0.05) is 2.74 Å². The van der Waals surface area contributed by atoms with Crippen LogP contribution in [0.2, 0.25) is 0 Å². The smallest absolute Gasteiger partial charge is 0.390 e. The lowest BCUT2D eigenvalue weighted by molar-refractivity contribution is -0.256. The summed E-state index contributed by atoms with van der Waals surface area (Å²) in [6.07, 6.45) is 1.95. The molecule has 9 atom stereocenters. The minimum atomic E-state index is -4.61. The standard InChI is InChI=1S/C27H43F3O2/c1-17(10-13-26(5,32)27(28,29)30)20-8-9-21-19-7-6-18-16-23(2,31)14-15-24(18,3)22(19)11-12-25(20,21)4/h6,17,19-22,31-32H,7-16H2,1-5H3/t17-,19?,20-,21?,22?,23+,24+,25-,26+/m1/s1/i14D2. The highest BCUT2D eigenvalue weighted by Gasteiger charge is 2.60. The Hall–Kier alpha value is -0.550. The highest BCUT2D eigenvalue weighted by atomic mass is 19.4. The van der Waals surface area contributed by atoms with Crippen molar-refractivity contribution in [2.75, 3.05) is 0 Å². The molecule has 184 valence electrons. The van der Waals surface area contributed by atoms with Crippen molar-refractivity contribution in [2.24, 2.45) is 40.4 Å². The largest absolute Gasteiger partial charge is 0.416 e. The van der Waals surface area contributed by atoms with Gasteiger partial charge < -0.3 is 10.2 Å². The molecule has 0 spiro atoms. The molecule has 4 aliphatic carbocycles. The van der Waals surface area contributed by atoms with Crippen LogP contribution in [0.4, 0.5) is 13.2 Å². The van der Waals surface area contributed by atoms with Crippen LogP contribution in [0.3, 0.4) is 0 Å². The van der Waals surface area contributed by atoms with Gasteiger partial charge in [-0.2, -0.15) is 13.2 Å². The van der Waals surface area contributed by atoms with Gasteiger partial charge >= 0.3 is 6.18 Å². The zero-order chi connectivity index (χ0) is 25.5. The molecule has 0 bridgehead atoms. The second kappa shape index (κ2) is 7.73. The Morgan fingerprint density at radius 3 is 2.50 bits per heavy atom. The molecular formula is C27H43F3O2. The Balaban J connectivity index is 1.53. The Morgan fingerprint density at radius 1 is 1.16 bits per heavy atom. The summed E-state index contributed by atoms with van der Waals surface area (Å²) >= 11 is 0. The normalized spacial score (nSPS) is 49.5. The third-order valence-electron chi connectivity index (χ3n) is 10.5. The Bertz CT molecular complexity index is 836. The SMILES string of the molecule is [2H]C1([2H])C[C@@]2(C)C(=CCC3C2CC[C@@]2(C)C3CC[C@@H]2[C@H](C)CC[C@](C)(O)C(F)(F)F)C[C@@]1(C)O. The van der Waals surface area contributed by atoms with E-state index in [9.17, 15) is 23.4 Å². The van der Waals surface area contributed by atoms with Crippen LogP contribution in [-0.2, 0) is 0 Å². The minimum Gasteiger partial charge on any atom is -0.390 e. The number of allylic oxidation sites excluding steroid dienone is 1. The van der Waals surface area contributed by atoms with Crippen LogP contribution in [0.15, 0.2) is 11.6 Å². The lowest BCUT2D eigenvalue weighted by atomic mass is 9.46. The molecule has 0 aliphatic heterocycles. The molecule has 0 radical (unpaired) electrons. The molecule has 2 N–H and O–H groups in total. The summed E-state index contributed by atoms with van der Waals surface area (Å²) in [6, 6.07) is 0. The van der Waals surface area contributed by atoms with E-state index in [1.807, 2.05) is 0 Å². The van der Waals surface area contributed by atoms with Crippen LogP contribution in [0.25, 0.3) is 0 Å². The summed E-state index contributed by atoms with van der Waals surface area (Å²) in [5.41, 5.74) is -2.94. The number of hydrogen-bond donors (Lipinski definition) is 2. The lowest BCUT2D eigenvalue weighted by Gasteiger charge is -2.59. The van der Waals surface area contributed by atoms with Crippen LogP contribution < -0.4 is 0 Å². The molecule has 0 saturated heterocycles. The van der Waals surface area contributed by atoms with Gasteiger partial charge in [0.15, 0.2) is 5.60 Å². The summed E-state index contributed by atoms with van der Waals surface area (Å²) in [4.78, 5) is 0. The summed E-state index contributed by atoms with van der Waals surface area (Å²) in [5.74, 6) is 1.80. The number of alkyl halides is 3. The Labute approximate surface area is 194 Å². The molecule has 0 aromatic carbocycles. The average molecular weight is 459 g/mol. The van der Waals surface area contributed by atoms with E-state index in [4.69, 9.17) is 2.74 Å². The zero-order valence-corrected chi connectivity index (χ0v) is 20.4. The first-order valence-electron chi connectivity index (χ1n) is 13.6. The van der Waals surface area contributed by atoms with E-state index in [2.05, 4.69) is 26.8 Å². The molecule has 4 rings (SSSR count). The molecule has 3 fully saturated rings. The quantitative estimate of drug-likeness (QED) is 0.443. The van der Waals surface area contributed by atoms with Crippen LogP contribution in [0.5, 0.6) is 0 Å². The summed E-state index contributed by atoms with van der Waals surface area (Å²) in [5, 5.41) is 20.7. The monoisotopic (exact) mass is 458 g/mol. The van der Waals surface area contributed by atoms with E-state index in [1.165, 1.54) is 5.57 Å². The van der Waals surface area contributed by atoms with Crippen molar-refractivity contribution in [3.8, 4) is 0 Å². The van der Waals surface area contributed by atoms with Crippen LogP contribution in [-0.4, -0.2) is 27.6 Å². The van der Waals surface area contributed by atoms with Gasteiger partial charge in [0.2, 0.25) is 0 Å². The fraction of sp³-hybridized carbons (Fsp3) is 0.926. The number of rotatable bonds is 4. The van der Waals surface area contributed by atoms with Gasteiger partial charge in [-0.15, -0.1) is 0 Å². The van der Waals surface area contributed by atoms with Gasteiger partial charge in [0.05, 0.1) is 5.60 Å². The Morgan fingerprint density at radius 2 is 1.84 bits per heavy atom. The molecule has 0 aromatic rings. The second-order valence-corrected chi connectivity index (χ2v) is 12.6. The first-order valence-corrected chi connectivity index (χ1v) is 12.6. The predicted octanol–water partition coefficient (Wildman–Crippen LogP) is 7.05. The van der Waals surface area contributed by atoms with E-state index < -0.39 is 23.8 Å². The van der Waals surface area contributed by atoms with Gasteiger partial charge in [-0.05, 0) is 118 Å². The molecule has 2 nitrogen and oxygen atoms in total. The molecule has 3 saturated carbocycles. The van der Waals surface area contributed by atoms with Crippen LogP contribution in [0.1, 0.15) is 102 Å². The van der Waals surface area contributed by atoms with E-state index in [0.29, 0.717) is 42.9 Å².